The van der Waals surface area contributed by atoms with Gasteiger partial charge >= 0.3 is 12.0 Å². The molecule has 120 valence electrons. The number of carbonyl (C=O) groups is 2. The molecule has 2 atom stereocenters. The zero-order valence-electron chi connectivity index (χ0n) is 12.9. The highest BCUT2D eigenvalue weighted by Crippen LogP contribution is 2.34. The van der Waals surface area contributed by atoms with Gasteiger partial charge in [0.05, 0.1) is 11.5 Å². The van der Waals surface area contributed by atoms with E-state index in [9.17, 15) is 19.8 Å². The van der Waals surface area contributed by atoms with Crippen molar-refractivity contribution >= 4 is 12.0 Å². The number of carbonyl (C=O) groups excluding carboxylic acids is 1. The van der Waals surface area contributed by atoms with E-state index < -0.39 is 17.5 Å². The van der Waals surface area contributed by atoms with E-state index in [1.54, 1.807) is 23.6 Å². The Hall–Kier alpha value is -1.30. The molecule has 2 rings (SSSR count). The summed E-state index contributed by atoms with van der Waals surface area (Å²) in [5, 5.41) is 19.0. The van der Waals surface area contributed by atoms with Gasteiger partial charge in [0.25, 0.3) is 0 Å². The minimum absolute atomic E-state index is 0.0255. The Bertz CT molecular complexity index is 410. The van der Waals surface area contributed by atoms with E-state index in [2.05, 4.69) is 0 Å². The quantitative estimate of drug-likeness (QED) is 0.807. The average Bonchev–Trinajstić information content (AvgIpc) is 2.46. The number of rotatable bonds is 2. The molecule has 0 saturated carbocycles. The Labute approximate surface area is 125 Å². The Morgan fingerprint density at radius 1 is 1.05 bits per heavy atom. The van der Waals surface area contributed by atoms with E-state index in [1.165, 1.54) is 0 Å². The van der Waals surface area contributed by atoms with Gasteiger partial charge in [-0.3, -0.25) is 4.79 Å². The summed E-state index contributed by atoms with van der Waals surface area (Å²) in [7, 11) is 0. The lowest BCUT2D eigenvalue weighted by molar-refractivity contribution is -0.151. The molecule has 2 N–H and O–H groups in total. The summed E-state index contributed by atoms with van der Waals surface area (Å²) >= 11 is 0. The maximum absolute atomic E-state index is 12.5. The van der Waals surface area contributed by atoms with Gasteiger partial charge in [-0.2, -0.15) is 0 Å². The summed E-state index contributed by atoms with van der Waals surface area (Å²) in [6.07, 6.45) is 2.82. The fourth-order valence-corrected chi connectivity index (χ4v) is 3.24. The average molecular weight is 298 g/mol. The van der Waals surface area contributed by atoms with Crippen molar-refractivity contribution in [1.29, 1.82) is 0 Å². The number of hydrogen-bond donors (Lipinski definition) is 2. The Morgan fingerprint density at radius 3 is 2.19 bits per heavy atom. The monoisotopic (exact) mass is 298 g/mol. The van der Waals surface area contributed by atoms with Gasteiger partial charge in [-0.15, -0.1) is 0 Å². The largest absolute Gasteiger partial charge is 0.481 e. The van der Waals surface area contributed by atoms with Crippen LogP contribution in [0.25, 0.3) is 0 Å². The van der Waals surface area contributed by atoms with Crippen LogP contribution >= 0.6 is 0 Å². The number of piperidine rings is 2. The first-order valence-corrected chi connectivity index (χ1v) is 7.77. The van der Waals surface area contributed by atoms with Gasteiger partial charge in [-0.1, -0.05) is 0 Å². The number of likely N-dealkylation sites (tertiary alicyclic amines) is 2. The molecule has 2 amide bonds. The van der Waals surface area contributed by atoms with Gasteiger partial charge in [-0.25, -0.2) is 4.79 Å². The lowest BCUT2D eigenvalue weighted by atomic mass is 9.74. The molecule has 2 unspecified atom stereocenters. The molecule has 2 aliphatic heterocycles. The second-order valence-electron chi connectivity index (χ2n) is 6.84. The summed E-state index contributed by atoms with van der Waals surface area (Å²) in [6, 6.07) is -0.0559. The van der Waals surface area contributed by atoms with E-state index in [0.717, 1.165) is 25.7 Å². The zero-order chi connectivity index (χ0) is 15.6. The standard InChI is InChI=1S/C15H26N2O4/c1-15(2,13(19)20)11-5-3-7-16(9-11)14(21)17-8-4-6-12(18)10-17/h11-12,18H,3-10H2,1-2H3,(H,19,20). The van der Waals surface area contributed by atoms with Gasteiger partial charge in [-0.05, 0) is 45.4 Å². The molecule has 2 heterocycles. The van der Waals surface area contributed by atoms with Gasteiger partial charge < -0.3 is 20.0 Å². The van der Waals surface area contributed by atoms with Gasteiger partial charge in [0.1, 0.15) is 0 Å². The number of hydrogen-bond acceptors (Lipinski definition) is 3. The fraction of sp³-hybridized carbons (Fsp3) is 0.867. The normalized spacial score (nSPS) is 27.6. The van der Waals surface area contributed by atoms with Crippen molar-refractivity contribution in [3.63, 3.8) is 0 Å². The third kappa shape index (κ3) is 3.48. The Balaban J connectivity index is 2.00. The number of aliphatic carboxylic acids is 1. The number of β-amino-alcohol motifs (C(OH)–C–C–N with tert-alkyl or cyclic N) is 1. The zero-order valence-corrected chi connectivity index (χ0v) is 12.9. The Kier molecular flexibility index (Phi) is 4.76. The van der Waals surface area contributed by atoms with Crippen LogP contribution in [-0.4, -0.2) is 64.3 Å². The number of nitrogens with zero attached hydrogens (tertiary/aromatic N) is 2. The number of aliphatic hydroxyl groups is 1. The predicted molar refractivity (Wildman–Crippen MR) is 77.9 cm³/mol. The lowest BCUT2D eigenvalue weighted by Gasteiger charge is -2.42. The van der Waals surface area contributed by atoms with Crippen molar-refractivity contribution < 1.29 is 19.8 Å². The molecule has 2 saturated heterocycles. The van der Waals surface area contributed by atoms with Crippen LogP contribution in [0.3, 0.4) is 0 Å². The van der Waals surface area contributed by atoms with Gasteiger partial charge in [0.15, 0.2) is 0 Å². The molecular formula is C15H26N2O4. The molecule has 0 aromatic rings. The lowest BCUT2D eigenvalue weighted by Crippen LogP contribution is -2.53. The van der Waals surface area contributed by atoms with Crippen LogP contribution in [0.1, 0.15) is 39.5 Å². The van der Waals surface area contributed by atoms with Crippen molar-refractivity contribution in [3.8, 4) is 0 Å². The van der Waals surface area contributed by atoms with Crippen LogP contribution in [0.5, 0.6) is 0 Å². The van der Waals surface area contributed by atoms with Crippen molar-refractivity contribution in [2.75, 3.05) is 26.2 Å². The topological polar surface area (TPSA) is 81.1 Å². The van der Waals surface area contributed by atoms with Crippen LogP contribution in [0, 0.1) is 11.3 Å². The summed E-state index contributed by atoms with van der Waals surface area (Å²) in [5.41, 5.74) is -0.819. The number of aliphatic hydroxyl groups excluding tert-OH is 1. The molecule has 0 bridgehead atoms. The minimum atomic E-state index is -0.819. The third-order valence-electron chi connectivity index (χ3n) is 4.93. The molecule has 2 aliphatic rings. The minimum Gasteiger partial charge on any atom is -0.481 e. The van der Waals surface area contributed by atoms with Crippen molar-refractivity contribution in [2.24, 2.45) is 11.3 Å². The summed E-state index contributed by atoms with van der Waals surface area (Å²) in [5.74, 6) is -0.836. The van der Waals surface area contributed by atoms with E-state index in [-0.39, 0.29) is 11.9 Å². The second kappa shape index (κ2) is 6.22. The van der Waals surface area contributed by atoms with Crippen LogP contribution in [0.2, 0.25) is 0 Å². The summed E-state index contributed by atoms with van der Waals surface area (Å²) in [6.45, 7) is 5.71. The highest BCUT2D eigenvalue weighted by Gasteiger charge is 2.40. The molecule has 0 spiro atoms. The van der Waals surface area contributed by atoms with Crippen molar-refractivity contribution in [3.05, 3.63) is 0 Å². The summed E-state index contributed by atoms with van der Waals surface area (Å²) in [4.78, 5) is 27.4. The summed E-state index contributed by atoms with van der Waals surface area (Å²) < 4.78 is 0. The molecule has 0 aromatic carbocycles. The van der Waals surface area contributed by atoms with Gasteiger partial charge in [0.2, 0.25) is 0 Å². The molecule has 0 radical (unpaired) electrons. The fourth-order valence-electron chi connectivity index (χ4n) is 3.24. The molecule has 21 heavy (non-hydrogen) atoms. The predicted octanol–water partition coefficient (Wildman–Crippen LogP) is 1.39. The molecular weight excluding hydrogens is 272 g/mol. The number of urea groups is 1. The van der Waals surface area contributed by atoms with Crippen LogP contribution in [0.15, 0.2) is 0 Å². The first-order chi connectivity index (χ1) is 9.82. The maximum atomic E-state index is 12.5. The highest BCUT2D eigenvalue weighted by molar-refractivity contribution is 5.76. The molecule has 6 heteroatoms. The maximum Gasteiger partial charge on any atom is 0.320 e. The van der Waals surface area contributed by atoms with Crippen LogP contribution in [0.4, 0.5) is 4.79 Å². The molecule has 6 nitrogen and oxygen atoms in total. The second-order valence-corrected chi connectivity index (χ2v) is 6.84. The van der Waals surface area contributed by atoms with Crippen molar-refractivity contribution in [1.82, 2.24) is 9.80 Å². The van der Waals surface area contributed by atoms with E-state index in [0.29, 0.717) is 26.2 Å². The first-order valence-electron chi connectivity index (χ1n) is 7.77. The number of carboxylic acids is 1. The molecule has 0 aromatic heterocycles. The molecule has 2 fully saturated rings. The van der Waals surface area contributed by atoms with Crippen LogP contribution < -0.4 is 0 Å². The SMILES string of the molecule is CC(C)(C(=O)O)C1CCCN(C(=O)N2CCCC(O)C2)C1. The van der Waals surface area contributed by atoms with E-state index >= 15 is 0 Å². The van der Waals surface area contributed by atoms with E-state index in [4.69, 9.17) is 0 Å². The molecule has 0 aliphatic carbocycles. The number of carboxylic acid groups (broad SMARTS) is 1. The van der Waals surface area contributed by atoms with Crippen molar-refractivity contribution in [2.45, 2.75) is 45.6 Å². The number of amides is 2. The smallest absolute Gasteiger partial charge is 0.320 e. The Morgan fingerprint density at radius 2 is 1.62 bits per heavy atom. The van der Waals surface area contributed by atoms with Crippen LogP contribution in [-0.2, 0) is 4.79 Å². The third-order valence-corrected chi connectivity index (χ3v) is 4.93. The first kappa shape index (κ1) is 16.1. The van der Waals surface area contributed by atoms with Gasteiger partial charge in [0, 0.05) is 26.2 Å². The highest BCUT2D eigenvalue weighted by atomic mass is 16.4. The van der Waals surface area contributed by atoms with E-state index in [1.807, 2.05) is 0 Å².